The van der Waals surface area contributed by atoms with Crippen molar-refractivity contribution in [1.82, 2.24) is 4.90 Å². The molecule has 1 aromatic carbocycles. The van der Waals surface area contributed by atoms with Gasteiger partial charge in [-0.3, -0.25) is 4.79 Å². The number of carbonyl (C=O) groups excluding carboxylic acids is 1. The van der Waals surface area contributed by atoms with Crippen molar-refractivity contribution in [3.63, 3.8) is 0 Å². The number of anilines is 1. The van der Waals surface area contributed by atoms with Crippen LogP contribution in [0.15, 0.2) is 18.2 Å². The van der Waals surface area contributed by atoms with Crippen LogP contribution in [0.1, 0.15) is 17.5 Å². The third-order valence-electron chi connectivity index (χ3n) is 3.43. The highest BCUT2D eigenvalue weighted by atomic mass is 32.1. The van der Waals surface area contributed by atoms with E-state index in [-0.39, 0.29) is 5.91 Å². The van der Waals surface area contributed by atoms with E-state index in [0.717, 1.165) is 36.3 Å². The van der Waals surface area contributed by atoms with E-state index in [4.69, 9.17) is 18.0 Å². The van der Waals surface area contributed by atoms with Crippen molar-refractivity contribution >= 4 is 28.8 Å². The summed E-state index contributed by atoms with van der Waals surface area (Å²) in [5, 5.41) is 0. The molecule has 0 saturated carbocycles. The summed E-state index contributed by atoms with van der Waals surface area (Å²) >= 11 is 5.10. The number of carbonyl (C=O) groups is 1. The lowest BCUT2D eigenvalue weighted by Gasteiger charge is -2.25. The summed E-state index contributed by atoms with van der Waals surface area (Å²) < 4.78 is 0. The Kier molecular flexibility index (Phi) is 4.04. The van der Waals surface area contributed by atoms with Crippen molar-refractivity contribution in [3.05, 3.63) is 29.3 Å². The monoisotopic (exact) mass is 277 g/mol. The molecule has 19 heavy (non-hydrogen) atoms. The molecule has 4 nitrogen and oxygen atoms in total. The molecule has 1 aliphatic heterocycles. The van der Waals surface area contributed by atoms with Gasteiger partial charge < -0.3 is 15.5 Å². The van der Waals surface area contributed by atoms with Gasteiger partial charge in [-0.2, -0.15) is 0 Å². The van der Waals surface area contributed by atoms with E-state index in [1.807, 2.05) is 32.2 Å². The molecule has 2 N–H and O–H groups in total. The Morgan fingerprint density at radius 1 is 1.37 bits per heavy atom. The summed E-state index contributed by atoms with van der Waals surface area (Å²) in [5.74, 6) is 0.132. The summed E-state index contributed by atoms with van der Waals surface area (Å²) in [5.41, 5.74) is 8.73. The first-order valence-corrected chi connectivity index (χ1v) is 6.79. The maximum absolute atomic E-state index is 12.0. The molecule has 0 aromatic heterocycles. The number of hydrogen-bond donors (Lipinski definition) is 1. The van der Waals surface area contributed by atoms with E-state index < -0.39 is 0 Å². The molecule has 0 atom stereocenters. The molecule has 0 radical (unpaired) electrons. The minimum absolute atomic E-state index is 0.132. The Balaban J connectivity index is 2.37. The Labute approximate surface area is 119 Å². The van der Waals surface area contributed by atoms with Crippen LogP contribution in [0.3, 0.4) is 0 Å². The van der Waals surface area contributed by atoms with Crippen LogP contribution in [0.4, 0.5) is 5.69 Å². The zero-order valence-electron chi connectivity index (χ0n) is 11.3. The fraction of sp³-hybridized carbons (Fsp3) is 0.429. The largest absolute Gasteiger partial charge is 0.389 e. The molecule has 1 aliphatic rings. The molecule has 0 spiro atoms. The van der Waals surface area contributed by atoms with Gasteiger partial charge in [-0.25, -0.2) is 0 Å². The van der Waals surface area contributed by atoms with E-state index >= 15 is 0 Å². The topological polar surface area (TPSA) is 49.6 Å². The zero-order chi connectivity index (χ0) is 14.0. The quantitative estimate of drug-likeness (QED) is 0.828. The molecule has 1 fully saturated rings. The van der Waals surface area contributed by atoms with E-state index in [9.17, 15) is 4.79 Å². The molecule has 0 bridgehead atoms. The van der Waals surface area contributed by atoms with E-state index in [2.05, 4.69) is 4.90 Å². The minimum atomic E-state index is 0.132. The summed E-state index contributed by atoms with van der Waals surface area (Å²) in [4.78, 5) is 16.2. The van der Waals surface area contributed by atoms with Gasteiger partial charge in [-0.15, -0.1) is 0 Å². The molecular formula is C14H19N3OS. The first-order chi connectivity index (χ1) is 8.99. The first-order valence-electron chi connectivity index (χ1n) is 6.38. The van der Waals surface area contributed by atoms with Crippen LogP contribution in [-0.4, -0.2) is 42.5 Å². The third kappa shape index (κ3) is 3.04. The average Bonchev–Trinajstić information content (AvgIpc) is 2.51. The number of aryl methyl sites for hydroxylation is 1. The van der Waals surface area contributed by atoms with Gasteiger partial charge in [0.05, 0.1) is 6.54 Å². The highest BCUT2D eigenvalue weighted by molar-refractivity contribution is 7.80. The fourth-order valence-corrected chi connectivity index (χ4v) is 2.48. The zero-order valence-corrected chi connectivity index (χ0v) is 12.2. The Morgan fingerprint density at radius 2 is 2.11 bits per heavy atom. The number of benzene rings is 1. The highest BCUT2D eigenvalue weighted by Crippen LogP contribution is 2.23. The Morgan fingerprint density at radius 3 is 2.79 bits per heavy atom. The average molecular weight is 277 g/mol. The lowest BCUT2D eigenvalue weighted by Crippen LogP contribution is -2.35. The summed E-state index contributed by atoms with van der Waals surface area (Å²) in [6, 6.07) is 5.98. The van der Waals surface area contributed by atoms with Gasteiger partial charge in [0.1, 0.15) is 4.99 Å². The summed E-state index contributed by atoms with van der Waals surface area (Å²) in [6.07, 6.45) is 0.951. The molecule has 1 saturated heterocycles. The normalized spacial score (nSPS) is 16.4. The Bertz CT molecular complexity index is 515. The van der Waals surface area contributed by atoms with Crippen LogP contribution in [0.5, 0.6) is 0 Å². The SMILES string of the molecule is Cc1ccc(C(N)=S)c(N2CCCN(C)C(=O)C2)c1. The van der Waals surface area contributed by atoms with Crippen LogP contribution in [-0.2, 0) is 4.79 Å². The van der Waals surface area contributed by atoms with Crippen LogP contribution >= 0.6 is 12.2 Å². The predicted octanol–water partition coefficient (Wildman–Crippen LogP) is 1.30. The van der Waals surface area contributed by atoms with Gasteiger partial charge in [0.25, 0.3) is 0 Å². The second-order valence-corrected chi connectivity index (χ2v) is 5.42. The molecule has 5 heteroatoms. The van der Waals surface area contributed by atoms with E-state index in [1.54, 1.807) is 4.90 Å². The number of thiocarbonyl (C=S) groups is 1. The highest BCUT2D eigenvalue weighted by Gasteiger charge is 2.21. The first kappa shape index (κ1) is 13.8. The molecule has 0 unspecified atom stereocenters. The predicted molar refractivity (Wildman–Crippen MR) is 81.5 cm³/mol. The van der Waals surface area contributed by atoms with Crippen LogP contribution in [0.25, 0.3) is 0 Å². The number of rotatable bonds is 2. The molecular weight excluding hydrogens is 258 g/mol. The van der Waals surface area contributed by atoms with Crippen LogP contribution < -0.4 is 10.6 Å². The van der Waals surface area contributed by atoms with Crippen molar-refractivity contribution in [3.8, 4) is 0 Å². The summed E-state index contributed by atoms with van der Waals surface area (Å²) in [6.45, 7) is 4.05. The van der Waals surface area contributed by atoms with Crippen molar-refractivity contribution < 1.29 is 4.79 Å². The number of nitrogens with two attached hydrogens (primary N) is 1. The van der Waals surface area contributed by atoms with Crippen LogP contribution in [0, 0.1) is 6.92 Å². The smallest absolute Gasteiger partial charge is 0.241 e. The second kappa shape index (κ2) is 5.57. The maximum Gasteiger partial charge on any atom is 0.241 e. The van der Waals surface area contributed by atoms with E-state index in [0.29, 0.717) is 11.5 Å². The molecule has 0 aliphatic carbocycles. The fourth-order valence-electron chi connectivity index (χ4n) is 2.30. The molecule has 1 heterocycles. The molecule has 1 amide bonds. The van der Waals surface area contributed by atoms with Crippen molar-refractivity contribution in [1.29, 1.82) is 0 Å². The standard InChI is InChI=1S/C14H19N3OS/c1-10-4-5-11(14(15)19)12(8-10)17-7-3-6-16(2)13(18)9-17/h4-5,8H,3,6-7,9H2,1-2H3,(H2,15,19). The van der Waals surface area contributed by atoms with Crippen molar-refractivity contribution in [2.45, 2.75) is 13.3 Å². The van der Waals surface area contributed by atoms with Crippen molar-refractivity contribution in [2.24, 2.45) is 5.73 Å². The molecule has 102 valence electrons. The Hall–Kier alpha value is -1.62. The molecule has 1 aromatic rings. The van der Waals surface area contributed by atoms with Gasteiger partial charge in [-0.1, -0.05) is 18.3 Å². The lowest BCUT2D eigenvalue weighted by molar-refractivity contribution is -0.127. The number of hydrogen-bond acceptors (Lipinski definition) is 3. The van der Waals surface area contributed by atoms with Gasteiger partial charge in [0.2, 0.25) is 5.91 Å². The van der Waals surface area contributed by atoms with Gasteiger partial charge in [0.15, 0.2) is 0 Å². The van der Waals surface area contributed by atoms with Gasteiger partial charge in [-0.05, 0) is 31.0 Å². The third-order valence-corrected chi connectivity index (χ3v) is 3.65. The van der Waals surface area contributed by atoms with Gasteiger partial charge in [0, 0.05) is 31.4 Å². The van der Waals surface area contributed by atoms with Gasteiger partial charge >= 0.3 is 0 Å². The second-order valence-electron chi connectivity index (χ2n) is 4.98. The van der Waals surface area contributed by atoms with Crippen LogP contribution in [0.2, 0.25) is 0 Å². The summed E-state index contributed by atoms with van der Waals surface area (Å²) in [7, 11) is 1.84. The van der Waals surface area contributed by atoms with E-state index in [1.165, 1.54) is 0 Å². The molecule has 2 rings (SSSR count). The minimum Gasteiger partial charge on any atom is -0.389 e. The number of amides is 1. The van der Waals surface area contributed by atoms with Crippen molar-refractivity contribution in [2.75, 3.05) is 31.6 Å². The number of likely N-dealkylation sites (N-methyl/N-ethyl adjacent to an activating group) is 1. The maximum atomic E-state index is 12.0. The lowest BCUT2D eigenvalue weighted by atomic mass is 10.1. The number of nitrogens with zero attached hydrogens (tertiary/aromatic N) is 2.